The number of amidine groups is 1. The Kier molecular flexibility index (Phi) is 9.37. The van der Waals surface area contributed by atoms with Crippen LogP contribution < -0.4 is 5.32 Å². The van der Waals surface area contributed by atoms with Crippen LogP contribution in [0.3, 0.4) is 0 Å². The van der Waals surface area contributed by atoms with Gasteiger partial charge in [0.2, 0.25) is 11.8 Å². The molecule has 6 nitrogen and oxygen atoms in total. The molecule has 6 heteroatoms. The monoisotopic (exact) mass is 498 g/mol. The second-order valence-corrected chi connectivity index (χ2v) is 12.4. The first kappa shape index (κ1) is 26.2. The van der Waals surface area contributed by atoms with Crippen molar-refractivity contribution >= 4 is 17.6 Å². The van der Waals surface area contributed by atoms with Crippen LogP contribution in [0, 0.1) is 11.8 Å². The van der Waals surface area contributed by atoms with E-state index in [1.54, 1.807) is 0 Å². The molecule has 36 heavy (non-hydrogen) atoms. The lowest BCUT2D eigenvalue weighted by molar-refractivity contribution is -0.143. The number of aliphatic imine (C=N–C) groups is 1. The maximum absolute atomic E-state index is 14.0. The van der Waals surface area contributed by atoms with Crippen molar-refractivity contribution in [3.05, 3.63) is 0 Å². The SMILES string of the molecule is O=C(C1CCCCC1)N(C1=NCNC(N(C(=O)C2CCCCC2)C2CCCCC2)C1)C1CCCCC1. The van der Waals surface area contributed by atoms with Gasteiger partial charge in [0.15, 0.2) is 0 Å². The molecule has 5 rings (SSSR count). The summed E-state index contributed by atoms with van der Waals surface area (Å²) in [7, 11) is 0. The normalized spacial score (nSPS) is 27.9. The molecule has 4 saturated carbocycles. The van der Waals surface area contributed by atoms with Gasteiger partial charge in [-0.05, 0) is 51.4 Å². The first-order chi connectivity index (χ1) is 17.7. The van der Waals surface area contributed by atoms with E-state index in [2.05, 4.69) is 15.1 Å². The van der Waals surface area contributed by atoms with E-state index in [1.165, 1.54) is 77.0 Å². The fourth-order valence-electron chi connectivity index (χ4n) is 7.83. The first-order valence-corrected chi connectivity index (χ1v) is 15.6. The molecule has 0 saturated heterocycles. The molecule has 0 bridgehead atoms. The maximum Gasteiger partial charge on any atom is 0.231 e. The van der Waals surface area contributed by atoms with Gasteiger partial charge in [0.25, 0.3) is 0 Å². The molecule has 1 aliphatic heterocycles. The van der Waals surface area contributed by atoms with Gasteiger partial charge in [0.1, 0.15) is 5.84 Å². The number of amides is 2. The van der Waals surface area contributed by atoms with Crippen molar-refractivity contribution in [3.8, 4) is 0 Å². The maximum atomic E-state index is 14.0. The van der Waals surface area contributed by atoms with Gasteiger partial charge >= 0.3 is 0 Å². The van der Waals surface area contributed by atoms with E-state index in [0.717, 1.165) is 57.2 Å². The van der Waals surface area contributed by atoms with Gasteiger partial charge in [-0.25, -0.2) is 0 Å². The summed E-state index contributed by atoms with van der Waals surface area (Å²) in [5.41, 5.74) is 0. The number of nitrogens with zero attached hydrogens (tertiary/aromatic N) is 3. The summed E-state index contributed by atoms with van der Waals surface area (Å²) in [5.74, 6) is 2.03. The molecule has 5 aliphatic rings. The largest absolute Gasteiger partial charge is 0.323 e. The number of rotatable bonds is 5. The van der Waals surface area contributed by atoms with Crippen LogP contribution in [0.5, 0.6) is 0 Å². The molecular weight excluding hydrogens is 448 g/mol. The van der Waals surface area contributed by atoms with Gasteiger partial charge in [0, 0.05) is 30.3 Å². The van der Waals surface area contributed by atoms with E-state index in [1.807, 2.05) is 0 Å². The van der Waals surface area contributed by atoms with E-state index in [4.69, 9.17) is 4.99 Å². The first-order valence-electron chi connectivity index (χ1n) is 15.6. The highest BCUT2D eigenvalue weighted by atomic mass is 16.2. The standard InChI is InChI=1S/C30H50N4O2/c35-29(23-13-5-1-6-14-23)33(25-17-9-3-10-18-25)27-21-28(32-22-31-27)34(26-19-11-4-12-20-26)30(36)24-15-7-2-8-16-24/h23-27,31H,1-22H2. The van der Waals surface area contributed by atoms with Gasteiger partial charge in [-0.15, -0.1) is 0 Å². The number of nitrogens with one attached hydrogen (secondary N) is 1. The van der Waals surface area contributed by atoms with Crippen LogP contribution in [-0.2, 0) is 9.59 Å². The third kappa shape index (κ3) is 6.16. The smallest absolute Gasteiger partial charge is 0.231 e. The van der Waals surface area contributed by atoms with Crippen molar-refractivity contribution in [1.29, 1.82) is 0 Å². The Hall–Kier alpha value is -1.43. The van der Waals surface area contributed by atoms with E-state index >= 15 is 0 Å². The lowest BCUT2D eigenvalue weighted by Gasteiger charge is -2.45. The summed E-state index contributed by atoms with van der Waals surface area (Å²) >= 11 is 0. The molecule has 1 unspecified atom stereocenters. The van der Waals surface area contributed by atoms with Crippen molar-refractivity contribution < 1.29 is 9.59 Å². The van der Waals surface area contributed by atoms with Crippen LogP contribution in [0.25, 0.3) is 0 Å². The highest BCUT2D eigenvalue weighted by molar-refractivity contribution is 6.00. The zero-order valence-electron chi connectivity index (χ0n) is 22.6. The summed E-state index contributed by atoms with van der Waals surface area (Å²) in [4.78, 5) is 37.4. The Balaban J connectivity index is 1.37. The molecule has 0 aromatic rings. The molecule has 4 aliphatic carbocycles. The Morgan fingerprint density at radius 3 is 1.64 bits per heavy atom. The Morgan fingerprint density at radius 2 is 1.08 bits per heavy atom. The highest BCUT2D eigenvalue weighted by Crippen LogP contribution is 2.34. The van der Waals surface area contributed by atoms with Crippen molar-refractivity contribution in [3.63, 3.8) is 0 Å². The third-order valence-electron chi connectivity index (χ3n) is 9.89. The summed E-state index contributed by atoms with van der Waals surface area (Å²) in [6.45, 7) is 0.516. The molecule has 0 aromatic carbocycles. The van der Waals surface area contributed by atoms with Crippen LogP contribution in [0.15, 0.2) is 4.99 Å². The summed E-state index contributed by atoms with van der Waals surface area (Å²) < 4.78 is 0. The van der Waals surface area contributed by atoms with Crippen molar-refractivity contribution in [2.24, 2.45) is 16.8 Å². The van der Waals surface area contributed by atoms with Gasteiger partial charge < -0.3 is 4.90 Å². The second kappa shape index (κ2) is 12.9. The minimum Gasteiger partial charge on any atom is -0.323 e. The molecule has 1 atom stereocenters. The summed E-state index contributed by atoms with van der Waals surface area (Å²) in [6.07, 6.45) is 24.0. The van der Waals surface area contributed by atoms with Gasteiger partial charge in [-0.1, -0.05) is 77.0 Å². The Morgan fingerprint density at radius 1 is 0.611 bits per heavy atom. The zero-order chi connectivity index (χ0) is 24.7. The number of carbonyl (C=O) groups excluding carboxylic acids is 2. The number of carbonyl (C=O) groups is 2. The lowest BCUT2D eigenvalue weighted by Crippen LogP contribution is -2.60. The zero-order valence-corrected chi connectivity index (χ0v) is 22.6. The van der Waals surface area contributed by atoms with Gasteiger partial charge in [-0.2, -0.15) is 0 Å². The van der Waals surface area contributed by atoms with Crippen molar-refractivity contribution in [2.45, 2.75) is 153 Å². The molecule has 1 N–H and O–H groups in total. The molecule has 202 valence electrons. The topological polar surface area (TPSA) is 65.0 Å². The predicted molar refractivity (Wildman–Crippen MR) is 144 cm³/mol. The quantitative estimate of drug-likeness (QED) is 0.495. The molecule has 0 spiro atoms. The number of hydrogen-bond donors (Lipinski definition) is 1. The van der Waals surface area contributed by atoms with Crippen LogP contribution in [-0.4, -0.2) is 52.4 Å². The van der Waals surface area contributed by atoms with Crippen LogP contribution in [0.4, 0.5) is 0 Å². The van der Waals surface area contributed by atoms with Crippen LogP contribution in [0.2, 0.25) is 0 Å². The van der Waals surface area contributed by atoms with E-state index in [0.29, 0.717) is 37.0 Å². The average Bonchev–Trinajstić information content (AvgIpc) is 2.96. The van der Waals surface area contributed by atoms with Crippen molar-refractivity contribution in [2.75, 3.05) is 6.67 Å². The minimum atomic E-state index is -0.0275. The number of hydrogen-bond acceptors (Lipinski definition) is 4. The highest BCUT2D eigenvalue weighted by Gasteiger charge is 2.40. The Labute approximate surface area is 219 Å². The lowest BCUT2D eigenvalue weighted by atomic mass is 9.85. The van der Waals surface area contributed by atoms with Crippen LogP contribution >= 0.6 is 0 Å². The fraction of sp³-hybridized carbons (Fsp3) is 0.900. The summed E-state index contributed by atoms with van der Waals surface area (Å²) in [5, 5.41) is 3.62. The molecular formula is C30H50N4O2. The predicted octanol–water partition coefficient (Wildman–Crippen LogP) is 6.15. The molecule has 2 amide bonds. The summed E-state index contributed by atoms with van der Waals surface area (Å²) in [6, 6.07) is 0.630. The second-order valence-electron chi connectivity index (χ2n) is 12.4. The fourth-order valence-corrected chi connectivity index (χ4v) is 7.83. The minimum absolute atomic E-state index is 0.0275. The third-order valence-corrected chi connectivity index (χ3v) is 9.89. The van der Waals surface area contributed by atoms with Gasteiger partial charge in [-0.3, -0.25) is 24.8 Å². The van der Waals surface area contributed by atoms with E-state index < -0.39 is 0 Å². The van der Waals surface area contributed by atoms with Crippen LogP contribution in [0.1, 0.15) is 135 Å². The molecule has 1 heterocycles. The van der Waals surface area contributed by atoms with Gasteiger partial charge in [0.05, 0.1) is 12.8 Å². The van der Waals surface area contributed by atoms with E-state index in [-0.39, 0.29) is 18.0 Å². The molecule has 4 fully saturated rings. The van der Waals surface area contributed by atoms with Crippen molar-refractivity contribution in [1.82, 2.24) is 15.1 Å². The Bertz CT molecular complexity index is 759. The average molecular weight is 499 g/mol. The molecule has 0 radical (unpaired) electrons. The molecule has 0 aromatic heterocycles. The van der Waals surface area contributed by atoms with E-state index in [9.17, 15) is 9.59 Å².